The van der Waals surface area contributed by atoms with E-state index in [0.717, 1.165) is 23.7 Å². The van der Waals surface area contributed by atoms with Gasteiger partial charge in [0, 0.05) is 17.4 Å². The number of nitrogens with one attached hydrogen (secondary N) is 1. The van der Waals surface area contributed by atoms with Crippen molar-refractivity contribution in [2.75, 3.05) is 5.75 Å². The molecule has 1 amide bonds. The van der Waals surface area contributed by atoms with Crippen molar-refractivity contribution in [2.45, 2.75) is 44.0 Å². The van der Waals surface area contributed by atoms with Gasteiger partial charge in [0.2, 0.25) is 5.91 Å². The second kappa shape index (κ2) is 9.32. The number of benzene rings is 1. The van der Waals surface area contributed by atoms with Crippen LogP contribution in [-0.4, -0.2) is 16.9 Å². The van der Waals surface area contributed by atoms with Crippen LogP contribution in [0.1, 0.15) is 37.7 Å². The molecule has 0 aromatic heterocycles. The van der Waals surface area contributed by atoms with Crippen molar-refractivity contribution < 1.29 is 9.63 Å². The quantitative estimate of drug-likeness (QED) is 0.448. The van der Waals surface area contributed by atoms with Crippen molar-refractivity contribution in [3.8, 4) is 0 Å². The molecule has 0 bridgehead atoms. The second-order valence-corrected chi connectivity index (χ2v) is 7.66. The summed E-state index contributed by atoms with van der Waals surface area (Å²) in [6, 6.07) is 9.83. The van der Waals surface area contributed by atoms with Crippen molar-refractivity contribution in [1.82, 2.24) is 5.48 Å². The zero-order valence-electron chi connectivity index (χ0n) is 11.5. The number of hydroxylamine groups is 1. The summed E-state index contributed by atoms with van der Waals surface area (Å²) in [5.41, 5.74) is 3.57. The van der Waals surface area contributed by atoms with Crippen molar-refractivity contribution >= 4 is 27.5 Å². The summed E-state index contributed by atoms with van der Waals surface area (Å²) in [7, 11) is 3.98. The first kappa shape index (κ1) is 15.7. The van der Waals surface area contributed by atoms with Gasteiger partial charge in [-0.05, 0) is 24.8 Å². The highest BCUT2D eigenvalue weighted by Gasteiger charge is 2.15. The van der Waals surface area contributed by atoms with Gasteiger partial charge < -0.3 is 0 Å². The Balaban J connectivity index is 1.48. The minimum Gasteiger partial charge on any atom is -0.273 e. The van der Waals surface area contributed by atoms with Gasteiger partial charge >= 0.3 is 0 Å². The van der Waals surface area contributed by atoms with E-state index < -0.39 is 0 Å². The maximum atomic E-state index is 11.6. The van der Waals surface area contributed by atoms with Gasteiger partial charge in [0.15, 0.2) is 0 Å². The van der Waals surface area contributed by atoms with Crippen LogP contribution in [0.15, 0.2) is 30.3 Å². The van der Waals surface area contributed by atoms with Crippen molar-refractivity contribution in [1.29, 1.82) is 0 Å². The normalized spacial score (nSPS) is 18.1. The van der Waals surface area contributed by atoms with Crippen LogP contribution in [0, 0.1) is 0 Å². The van der Waals surface area contributed by atoms with E-state index in [0.29, 0.717) is 13.0 Å². The maximum absolute atomic E-state index is 11.6. The van der Waals surface area contributed by atoms with Crippen LogP contribution < -0.4 is 5.48 Å². The second-order valence-electron chi connectivity index (χ2n) is 4.87. The summed E-state index contributed by atoms with van der Waals surface area (Å²) in [4.78, 5) is 16.8. The molecule has 0 spiro atoms. The molecule has 0 aliphatic carbocycles. The molecule has 1 aromatic rings. The molecular formula is C15H21NO2S2. The third-order valence-electron chi connectivity index (χ3n) is 3.17. The van der Waals surface area contributed by atoms with Gasteiger partial charge in [-0.15, -0.1) is 0 Å². The van der Waals surface area contributed by atoms with E-state index in [1.807, 2.05) is 51.9 Å². The van der Waals surface area contributed by atoms with Gasteiger partial charge in [0.05, 0.1) is 6.61 Å². The number of unbranched alkanes of at least 4 members (excludes halogenated alkanes) is 1. The van der Waals surface area contributed by atoms with Gasteiger partial charge in [-0.1, -0.05) is 58.3 Å². The highest BCUT2D eigenvalue weighted by molar-refractivity contribution is 8.77. The standard InChI is InChI=1S/C15H21NO2S2/c17-15(9-5-4-8-14-10-11-19-20-14)16-18-12-13-6-2-1-3-7-13/h1-3,6-7,14H,4-5,8-12H2,(H,16,17). The zero-order valence-corrected chi connectivity index (χ0v) is 13.2. The third-order valence-corrected chi connectivity index (χ3v) is 6.18. The van der Waals surface area contributed by atoms with Crippen LogP contribution in [0.5, 0.6) is 0 Å². The first-order valence-corrected chi connectivity index (χ1v) is 9.45. The molecule has 0 radical (unpaired) electrons. The average Bonchev–Trinajstić information content (AvgIpc) is 2.98. The molecule has 3 nitrogen and oxygen atoms in total. The molecule has 5 heteroatoms. The number of rotatable bonds is 8. The van der Waals surface area contributed by atoms with E-state index in [4.69, 9.17) is 4.84 Å². The minimum atomic E-state index is -0.0191. The number of hydrogen-bond donors (Lipinski definition) is 1. The number of amides is 1. The number of hydrogen-bond acceptors (Lipinski definition) is 4. The van der Waals surface area contributed by atoms with E-state index in [1.165, 1.54) is 18.6 Å². The molecule has 1 saturated heterocycles. The number of carbonyl (C=O) groups excluding carboxylic acids is 1. The molecule has 2 rings (SSSR count). The molecule has 1 aromatic carbocycles. The van der Waals surface area contributed by atoms with E-state index >= 15 is 0 Å². The predicted molar refractivity (Wildman–Crippen MR) is 86.3 cm³/mol. The summed E-state index contributed by atoms with van der Waals surface area (Å²) < 4.78 is 0. The first-order valence-electron chi connectivity index (χ1n) is 7.07. The summed E-state index contributed by atoms with van der Waals surface area (Å²) in [6.07, 6.45) is 5.18. The topological polar surface area (TPSA) is 38.3 Å². The molecule has 1 heterocycles. The van der Waals surface area contributed by atoms with Gasteiger partial charge in [0.25, 0.3) is 0 Å². The molecule has 1 aliphatic rings. The largest absolute Gasteiger partial charge is 0.273 e. The van der Waals surface area contributed by atoms with E-state index in [1.54, 1.807) is 0 Å². The average molecular weight is 311 g/mol. The molecule has 1 unspecified atom stereocenters. The lowest BCUT2D eigenvalue weighted by molar-refractivity contribution is -0.134. The molecule has 1 aliphatic heterocycles. The summed E-state index contributed by atoms with van der Waals surface area (Å²) in [6.45, 7) is 0.419. The Hall–Kier alpha value is -0.650. The minimum absolute atomic E-state index is 0.0191. The van der Waals surface area contributed by atoms with Crippen LogP contribution in [-0.2, 0) is 16.2 Å². The lowest BCUT2D eigenvalue weighted by Crippen LogP contribution is -2.23. The van der Waals surface area contributed by atoms with Crippen LogP contribution in [0.4, 0.5) is 0 Å². The lowest BCUT2D eigenvalue weighted by Gasteiger charge is -2.08. The van der Waals surface area contributed by atoms with Crippen molar-refractivity contribution in [2.24, 2.45) is 0 Å². The Morgan fingerprint density at radius 2 is 2.15 bits per heavy atom. The molecular weight excluding hydrogens is 290 g/mol. The summed E-state index contributed by atoms with van der Waals surface area (Å²) in [5.74, 6) is 1.26. The van der Waals surface area contributed by atoms with Gasteiger partial charge in [-0.25, -0.2) is 5.48 Å². The molecule has 1 atom stereocenters. The fourth-order valence-electron chi connectivity index (χ4n) is 2.05. The molecule has 110 valence electrons. The first-order chi connectivity index (χ1) is 9.84. The van der Waals surface area contributed by atoms with Crippen LogP contribution in [0.25, 0.3) is 0 Å². The Labute approximate surface area is 128 Å². The van der Waals surface area contributed by atoms with Crippen molar-refractivity contribution in [3.05, 3.63) is 35.9 Å². The van der Waals surface area contributed by atoms with Crippen LogP contribution >= 0.6 is 21.6 Å². The van der Waals surface area contributed by atoms with E-state index in [9.17, 15) is 4.79 Å². The Morgan fingerprint density at radius 3 is 2.90 bits per heavy atom. The highest BCUT2D eigenvalue weighted by Crippen LogP contribution is 2.39. The molecule has 1 N–H and O–H groups in total. The highest BCUT2D eigenvalue weighted by atomic mass is 33.1. The zero-order chi connectivity index (χ0) is 14.0. The van der Waals surface area contributed by atoms with E-state index in [2.05, 4.69) is 5.48 Å². The monoisotopic (exact) mass is 311 g/mol. The lowest BCUT2D eigenvalue weighted by atomic mass is 10.1. The van der Waals surface area contributed by atoms with Crippen molar-refractivity contribution in [3.63, 3.8) is 0 Å². The number of carbonyl (C=O) groups is 1. The summed E-state index contributed by atoms with van der Waals surface area (Å²) >= 11 is 0. The molecule has 1 fully saturated rings. The third kappa shape index (κ3) is 6.20. The van der Waals surface area contributed by atoms with Gasteiger partial charge in [0.1, 0.15) is 0 Å². The fourth-order valence-corrected chi connectivity index (χ4v) is 5.07. The maximum Gasteiger partial charge on any atom is 0.243 e. The Bertz CT molecular complexity index is 394. The predicted octanol–water partition coefficient (Wildman–Crippen LogP) is 3.95. The molecule has 0 saturated carbocycles. The SMILES string of the molecule is O=C(CCCCC1CCSS1)NOCc1ccccc1. The van der Waals surface area contributed by atoms with Gasteiger partial charge in [-0.2, -0.15) is 0 Å². The Kier molecular flexibility index (Phi) is 7.33. The van der Waals surface area contributed by atoms with E-state index in [-0.39, 0.29) is 5.91 Å². The van der Waals surface area contributed by atoms with Crippen LogP contribution in [0.2, 0.25) is 0 Å². The fraction of sp³-hybridized carbons (Fsp3) is 0.533. The van der Waals surface area contributed by atoms with Crippen LogP contribution in [0.3, 0.4) is 0 Å². The summed E-state index contributed by atoms with van der Waals surface area (Å²) in [5, 5.41) is 0.803. The molecule has 20 heavy (non-hydrogen) atoms. The Morgan fingerprint density at radius 1 is 1.30 bits per heavy atom. The smallest absolute Gasteiger partial charge is 0.243 e. The van der Waals surface area contributed by atoms with Gasteiger partial charge in [-0.3, -0.25) is 9.63 Å².